The lowest BCUT2D eigenvalue weighted by atomic mass is 10.0. The standard InChI is InChI=1S/C11H11N3O4S2/c1-19-6(4-12)8(15)13-7-9(16)14-5(11(17)18)2-3-20-10(7)14/h2,6-7,10H,3H2,1H3,(H,13,15)(H,17,18)/t6?,7?,10-/m0/s1. The number of carbonyl (C=O) groups excluding carboxylic acids is 2. The van der Waals surface area contributed by atoms with Gasteiger partial charge in [0.05, 0.1) is 6.07 Å². The van der Waals surface area contributed by atoms with E-state index in [1.54, 1.807) is 6.26 Å². The van der Waals surface area contributed by atoms with Crippen molar-refractivity contribution in [2.75, 3.05) is 12.0 Å². The van der Waals surface area contributed by atoms with Gasteiger partial charge in [0.15, 0.2) is 5.25 Å². The van der Waals surface area contributed by atoms with E-state index in [1.165, 1.54) is 22.7 Å². The first-order chi connectivity index (χ1) is 9.51. The van der Waals surface area contributed by atoms with E-state index >= 15 is 0 Å². The fourth-order valence-corrected chi connectivity index (χ4v) is 3.57. The average molecular weight is 313 g/mol. The lowest BCUT2D eigenvalue weighted by molar-refractivity contribution is -0.150. The molecule has 9 heteroatoms. The van der Waals surface area contributed by atoms with Gasteiger partial charge in [0.1, 0.15) is 17.1 Å². The molecule has 2 aliphatic rings. The summed E-state index contributed by atoms with van der Waals surface area (Å²) >= 11 is 2.46. The molecule has 2 rings (SSSR count). The molecule has 1 fully saturated rings. The smallest absolute Gasteiger partial charge is 0.352 e. The third-order valence-electron chi connectivity index (χ3n) is 2.95. The van der Waals surface area contributed by atoms with Crippen LogP contribution in [-0.2, 0) is 14.4 Å². The molecule has 0 aromatic rings. The van der Waals surface area contributed by atoms with Gasteiger partial charge in [0, 0.05) is 5.75 Å². The third kappa shape index (κ3) is 2.36. The first-order valence-electron chi connectivity index (χ1n) is 5.62. The van der Waals surface area contributed by atoms with Gasteiger partial charge in [0.25, 0.3) is 5.91 Å². The minimum absolute atomic E-state index is 0.0500. The maximum Gasteiger partial charge on any atom is 0.352 e. The molecule has 2 unspecified atom stereocenters. The van der Waals surface area contributed by atoms with E-state index in [2.05, 4.69) is 5.32 Å². The monoisotopic (exact) mass is 313 g/mol. The maximum atomic E-state index is 11.9. The van der Waals surface area contributed by atoms with Gasteiger partial charge in [-0.25, -0.2) is 4.79 Å². The minimum atomic E-state index is -1.16. The van der Waals surface area contributed by atoms with Crippen LogP contribution in [0.25, 0.3) is 0 Å². The predicted molar refractivity (Wildman–Crippen MR) is 73.7 cm³/mol. The van der Waals surface area contributed by atoms with E-state index in [9.17, 15) is 14.4 Å². The van der Waals surface area contributed by atoms with Crippen LogP contribution in [0.5, 0.6) is 0 Å². The van der Waals surface area contributed by atoms with Crippen molar-refractivity contribution >= 4 is 41.3 Å². The summed E-state index contributed by atoms with van der Waals surface area (Å²) < 4.78 is 0. The summed E-state index contributed by atoms with van der Waals surface area (Å²) in [6, 6.07) is 1.07. The minimum Gasteiger partial charge on any atom is -0.477 e. The molecule has 2 N–H and O–H groups in total. The van der Waals surface area contributed by atoms with Crippen LogP contribution in [0.3, 0.4) is 0 Å². The van der Waals surface area contributed by atoms with Crippen molar-refractivity contribution < 1.29 is 19.5 Å². The molecule has 0 saturated carbocycles. The number of amides is 2. The zero-order chi connectivity index (χ0) is 14.9. The number of hydrogen-bond acceptors (Lipinski definition) is 6. The molecule has 7 nitrogen and oxygen atoms in total. The zero-order valence-electron chi connectivity index (χ0n) is 10.4. The van der Waals surface area contributed by atoms with Crippen molar-refractivity contribution in [2.24, 2.45) is 0 Å². The van der Waals surface area contributed by atoms with Crippen molar-refractivity contribution in [1.29, 1.82) is 5.26 Å². The Morgan fingerprint density at radius 1 is 1.70 bits per heavy atom. The fourth-order valence-electron chi connectivity index (χ4n) is 1.99. The summed E-state index contributed by atoms with van der Waals surface area (Å²) in [5.41, 5.74) is -0.0500. The number of hydrogen-bond donors (Lipinski definition) is 2. The number of carboxylic acid groups (broad SMARTS) is 1. The van der Waals surface area contributed by atoms with Gasteiger partial charge < -0.3 is 10.4 Å². The molecule has 0 spiro atoms. The number of thioether (sulfide) groups is 2. The van der Waals surface area contributed by atoms with E-state index < -0.39 is 34.4 Å². The molecule has 106 valence electrons. The van der Waals surface area contributed by atoms with Crippen molar-refractivity contribution in [3.8, 4) is 6.07 Å². The van der Waals surface area contributed by atoms with Crippen LogP contribution in [-0.4, -0.2) is 56.5 Å². The second-order valence-electron chi connectivity index (χ2n) is 4.06. The van der Waals surface area contributed by atoms with E-state index in [0.29, 0.717) is 5.75 Å². The SMILES string of the molecule is CSC(C#N)C(=O)NC1C(=O)N2C(C(=O)O)=CCS[C@@H]12. The van der Waals surface area contributed by atoms with Gasteiger partial charge in [0.2, 0.25) is 5.91 Å². The number of aliphatic carboxylic acids is 1. The molecule has 0 aromatic heterocycles. The Morgan fingerprint density at radius 2 is 2.40 bits per heavy atom. The quantitative estimate of drug-likeness (QED) is 0.680. The lowest BCUT2D eigenvalue weighted by Crippen LogP contribution is -2.70. The van der Waals surface area contributed by atoms with Crippen LogP contribution in [0, 0.1) is 11.3 Å². The molecule has 0 aliphatic carbocycles. The summed E-state index contributed by atoms with van der Waals surface area (Å²) in [7, 11) is 0. The van der Waals surface area contributed by atoms with Crippen LogP contribution in [0.4, 0.5) is 0 Å². The van der Waals surface area contributed by atoms with Gasteiger partial charge in [-0.05, 0) is 12.3 Å². The maximum absolute atomic E-state index is 11.9. The van der Waals surface area contributed by atoms with Gasteiger partial charge >= 0.3 is 5.97 Å². The van der Waals surface area contributed by atoms with Crippen molar-refractivity contribution in [3.63, 3.8) is 0 Å². The van der Waals surface area contributed by atoms with Crippen molar-refractivity contribution in [1.82, 2.24) is 10.2 Å². The highest BCUT2D eigenvalue weighted by molar-refractivity contribution is 8.00. The Balaban J connectivity index is 2.07. The first kappa shape index (κ1) is 14.7. The number of fused-ring (bicyclic) bond motifs is 1. The lowest BCUT2D eigenvalue weighted by Gasteiger charge is -2.48. The van der Waals surface area contributed by atoms with Crippen molar-refractivity contribution in [3.05, 3.63) is 11.8 Å². The normalized spacial score (nSPS) is 25.7. The number of carbonyl (C=O) groups is 3. The van der Waals surface area contributed by atoms with E-state index in [4.69, 9.17) is 10.4 Å². The Labute approximate surface area is 123 Å². The second-order valence-corrected chi connectivity index (χ2v) is 6.15. The topological polar surface area (TPSA) is 111 Å². The van der Waals surface area contributed by atoms with Gasteiger partial charge in [-0.3, -0.25) is 14.5 Å². The van der Waals surface area contributed by atoms with Crippen LogP contribution in [0.2, 0.25) is 0 Å². The van der Waals surface area contributed by atoms with Gasteiger partial charge in [-0.2, -0.15) is 5.26 Å². The summed E-state index contributed by atoms with van der Waals surface area (Å²) in [5, 5.41) is 19.0. The fraction of sp³-hybridized carbons (Fsp3) is 0.455. The van der Waals surface area contributed by atoms with Crippen LogP contribution < -0.4 is 5.32 Å². The number of nitrogens with one attached hydrogen (secondary N) is 1. The molecule has 2 heterocycles. The number of nitrogens with zero attached hydrogens (tertiary/aromatic N) is 2. The highest BCUT2D eigenvalue weighted by Gasteiger charge is 2.53. The summed E-state index contributed by atoms with van der Waals surface area (Å²) in [6.45, 7) is 0. The molecule has 1 saturated heterocycles. The Morgan fingerprint density at radius 3 is 2.95 bits per heavy atom. The van der Waals surface area contributed by atoms with Crippen LogP contribution in [0.15, 0.2) is 11.8 Å². The summed E-state index contributed by atoms with van der Waals surface area (Å²) in [5.74, 6) is -1.67. The largest absolute Gasteiger partial charge is 0.477 e. The summed E-state index contributed by atoms with van der Waals surface area (Å²) in [4.78, 5) is 35.9. The third-order valence-corrected chi connectivity index (χ3v) is 4.93. The number of β-lactam (4-membered cyclic amide) rings is 1. The number of carboxylic acids is 1. The molecule has 3 atom stereocenters. The molecule has 2 amide bonds. The van der Waals surface area contributed by atoms with Crippen LogP contribution >= 0.6 is 23.5 Å². The zero-order valence-corrected chi connectivity index (χ0v) is 12.0. The molecular weight excluding hydrogens is 302 g/mol. The molecule has 20 heavy (non-hydrogen) atoms. The molecular formula is C11H11N3O4S2. The van der Waals surface area contributed by atoms with E-state index in [1.807, 2.05) is 6.07 Å². The second kappa shape index (κ2) is 5.76. The Bertz CT molecular complexity index is 542. The first-order valence-corrected chi connectivity index (χ1v) is 7.95. The molecule has 0 aromatic carbocycles. The van der Waals surface area contributed by atoms with E-state index in [0.717, 1.165) is 11.8 Å². The predicted octanol–water partition coefficient (Wildman–Crippen LogP) is -0.390. The Kier molecular flexibility index (Phi) is 4.25. The van der Waals surface area contributed by atoms with Gasteiger partial charge in [-0.1, -0.05) is 0 Å². The summed E-state index contributed by atoms with van der Waals surface area (Å²) in [6.07, 6.45) is 3.10. The Hall–Kier alpha value is -1.66. The van der Waals surface area contributed by atoms with Crippen LogP contribution in [0.1, 0.15) is 0 Å². The van der Waals surface area contributed by atoms with Gasteiger partial charge in [-0.15, -0.1) is 23.5 Å². The average Bonchev–Trinajstić information content (AvgIpc) is 2.44. The number of nitriles is 1. The van der Waals surface area contributed by atoms with Crippen molar-refractivity contribution in [2.45, 2.75) is 16.7 Å². The van der Waals surface area contributed by atoms with E-state index in [-0.39, 0.29) is 5.70 Å². The highest BCUT2D eigenvalue weighted by atomic mass is 32.2. The highest BCUT2D eigenvalue weighted by Crippen LogP contribution is 2.37. The molecule has 2 aliphatic heterocycles. The molecule has 0 radical (unpaired) electrons. The molecule has 0 bridgehead atoms. The number of rotatable bonds is 4.